The fourth-order valence-electron chi connectivity index (χ4n) is 4.65. The summed E-state index contributed by atoms with van der Waals surface area (Å²) in [6.45, 7) is 7.17. The molecule has 0 spiro atoms. The summed E-state index contributed by atoms with van der Waals surface area (Å²) in [7, 11) is -3.89. The maximum Gasteiger partial charge on any atom is 0.244 e. The summed E-state index contributed by atoms with van der Waals surface area (Å²) < 4.78 is 27.4. The number of anilines is 1. The molecule has 0 heterocycles. The molecular formula is C32H39Cl2N3O4S. The Labute approximate surface area is 259 Å². The van der Waals surface area contributed by atoms with Crippen molar-refractivity contribution in [2.45, 2.75) is 65.1 Å². The number of sulfonamides is 1. The van der Waals surface area contributed by atoms with Gasteiger partial charge >= 0.3 is 0 Å². The Morgan fingerprint density at radius 2 is 1.48 bits per heavy atom. The maximum atomic E-state index is 14.3. The highest BCUT2D eigenvalue weighted by Crippen LogP contribution is 2.31. The number of halogens is 2. The van der Waals surface area contributed by atoms with Crippen molar-refractivity contribution < 1.29 is 18.0 Å². The first-order valence-corrected chi connectivity index (χ1v) is 16.6. The lowest BCUT2D eigenvalue weighted by Gasteiger charge is -2.35. The monoisotopic (exact) mass is 631 g/mol. The van der Waals surface area contributed by atoms with Crippen molar-refractivity contribution in [2.75, 3.05) is 17.1 Å². The number of amides is 2. The number of nitrogens with one attached hydrogen (secondary N) is 1. The van der Waals surface area contributed by atoms with Crippen LogP contribution < -0.4 is 9.62 Å². The molecular weight excluding hydrogens is 593 g/mol. The van der Waals surface area contributed by atoms with Crippen molar-refractivity contribution in [3.05, 3.63) is 99.5 Å². The summed E-state index contributed by atoms with van der Waals surface area (Å²) >= 11 is 13.1. The van der Waals surface area contributed by atoms with E-state index < -0.39 is 28.5 Å². The number of para-hydroxylation sites is 1. The molecule has 0 radical (unpaired) electrons. The molecule has 3 rings (SSSR count). The molecule has 1 N–H and O–H groups in total. The average molecular weight is 633 g/mol. The highest BCUT2D eigenvalue weighted by Gasteiger charge is 2.34. The molecule has 0 saturated heterocycles. The SMILES string of the molecule is CCC(C)NC(=O)C(Cc1ccccc1)N(Cc1c(Cl)cccc1Cl)C(=O)CN(c1ccccc1C(C)C)S(C)(=O)=O. The molecule has 42 heavy (non-hydrogen) atoms. The lowest BCUT2D eigenvalue weighted by atomic mass is 10.0. The van der Waals surface area contributed by atoms with Crippen LogP contribution in [0, 0.1) is 0 Å². The molecule has 7 nitrogen and oxygen atoms in total. The Hall–Kier alpha value is -3.07. The van der Waals surface area contributed by atoms with Crippen LogP contribution >= 0.6 is 23.2 Å². The minimum absolute atomic E-state index is 0.00530. The van der Waals surface area contributed by atoms with E-state index in [0.717, 1.165) is 21.7 Å². The molecule has 0 aromatic heterocycles. The topological polar surface area (TPSA) is 86.8 Å². The van der Waals surface area contributed by atoms with Gasteiger partial charge in [0.1, 0.15) is 12.6 Å². The van der Waals surface area contributed by atoms with E-state index in [2.05, 4.69) is 5.32 Å². The van der Waals surface area contributed by atoms with Crippen molar-refractivity contribution in [3.63, 3.8) is 0 Å². The maximum absolute atomic E-state index is 14.3. The number of hydrogen-bond acceptors (Lipinski definition) is 4. The predicted octanol–water partition coefficient (Wildman–Crippen LogP) is 6.44. The molecule has 2 unspecified atom stereocenters. The normalized spacial score (nSPS) is 13.0. The summed E-state index contributed by atoms with van der Waals surface area (Å²) in [4.78, 5) is 29.5. The molecule has 0 bridgehead atoms. The molecule has 3 aromatic carbocycles. The predicted molar refractivity (Wildman–Crippen MR) is 172 cm³/mol. The number of rotatable bonds is 13. The van der Waals surface area contributed by atoms with Crippen molar-refractivity contribution in [2.24, 2.45) is 0 Å². The Morgan fingerprint density at radius 1 is 0.881 bits per heavy atom. The van der Waals surface area contributed by atoms with Crippen LogP contribution in [0.25, 0.3) is 0 Å². The van der Waals surface area contributed by atoms with Gasteiger partial charge in [0, 0.05) is 34.6 Å². The van der Waals surface area contributed by atoms with Crippen molar-refractivity contribution in [3.8, 4) is 0 Å². The fraction of sp³-hybridized carbons (Fsp3) is 0.375. The smallest absolute Gasteiger partial charge is 0.244 e. The van der Waals surface area contributed by atoms with Gasteiger partial charge < -0.3 is 10.2 Å². The molecule has 3 aromatic rings. The second-order valence-corrected chi connectivity index (χ2v) is 13.4. The largest absolute Gasteiger partial charge is 0.352 e. The number of nitrogens with zero attached hydrogens (tertiary/aromatic N) is 2. The average Bonchev–Trinajstić information content (AvgIpc) is 2.94. The van der Waals surface area contributed by atoms with Crippen molar-refractivity contribution >= 4 is 50.7 Å². The van der Waals surface area contributed by atoms with E-state index >= 15 is 0 Å². The van der Waals surface area contributed by atoms with Crippen LogP contribution in [-0.2, 0) is 32.6 Å². The summed E-state index contributed by atoms with van der Waals surface area (Å²) in [5.41, 5.74) is 2.52. The Morgan fingerprint density at radius 3 is 2.05 bits per heavy atom. The van der Waals surface area contributed by atoms with E-state index in [-0.39, 0.29) is 30.8 Å². The third kappa shape index (κ3) is 8.72. The number of carbonyl (C=O) groups is 2. The van der Waals surface area contributed by atoms with Gasteiger partial charge in [-0.25, -0.2) is 8.42 Å². The van der Waals surface area contributed by atoms with Gasteiger partial charge in [-0.2, -0.15) is 0 Å². The van der Waals surface area contributed by atoms with Crippen molar-refractivity contribution in [1.29, 1.82) is 0 Å². The highest BCUT2D eigenvalue weighted by molar-refractivity contribution is 7.92. The van der Waals surface area contributed by atoms with Crippen LogP contribution in [0.5, 0.6) is 0 Å². The van der Waals surface area contributed by atoms with Gasteiger partial charge in [0.15, 0.2) is 0 Å². The van der Waals surface area contributed by atoms with E-state index in [9.17, 15) is 18.0 Å². The Balaban J connectivity index is 2.14. The molecule has 0 aliphatic carbocycles. The second-order valence-electron chi connectivity index (χ2n) is 10.7. The first kappa shape index (κ1) is 33.4. The molecule has 2 atom stereocenters. The summed E-state index contributed by atoms with van der Waals surface area (Å²) in [6.07, 6.45) is 1.98. The van der Waals surface area contributed by atoms with Gasteiger partial charge in [0.05, 0.1) is 11.9 Å². The second kappa shape index (κ2) is 14.9. The summed E-state index contributed by atoms with van der Waals surface area (Å²) in [5, 5.41) is 3.69. The Bertz CT molecular complexity index is 1460. The standard InChI is InChI=1S/C32H39Cl2N3O4S/c1-6-23(4)35-32(39)30(19-24-13-8-7-9-14-24)36(20-26-27(33)16-12-17-28(26)34)31(38)21-37(42(5,40)41)29-18-11-10-15-25(29)22(2)3/h7-18,22-23,30H,6,19-21H2,1-5H3,(H,35,39). The molecule has 0 fully saturated rings. The van der Waals surface area contributed by atoms with E-state index in [4.69, 9.17) is 23.2 Å². The van der Waals surface area contributed by atoms with Crippen LogP contribution in [0.2, 0.25) is 10.0 Å². The first-order chi connectivity index (χ1) is 19.8. The number of carbonyl (C=O) groups excluding carboxylic acids is 2. The van der Waals surface area contributed by atoms with E-state index in [1.54, 1.807) is 30.3 Å². The molecule has 10 heteroatoms. The zero-order valence-electron chi connectivity index (χ0n) is 24.7. The number of hydrogen-bond donors (Lipinski definition) is 1. The number of benzene rings is 3. The van der Waals surface area contributed by atoms with Crippen LogP contribution in [0.15, 0.2) is 72.8 Å². The zero-order chi connectivity index (χ0) is 31.0. The zero-order valence-corrected chi connectivity index (χ0v) is 27.0. The van der Waals surface area contributed by atoms with Crippen molar-refractivity contribution in [1.82, 2.24) is 10.2 Å². The van der Waals surface area contributed by atoms with Crippen LogP contribution in [0.3, 0.4) is 0 Å². The minimum Gasteiger partial charge on any atom is -0.352 e. The molecule has 2 amide bonds. The van der Waals surface area contributed by atoms with Crippen LogP contribution in [0.1, 0.15) is 56.7 Å². The van der Waals surface area contributed by atoms with Crippen LogP contribution in [-0.4, -0.2) is 50.0 Å². The molecule has 226 valence electrons. The summed E-state index contributed by atoms with van der Waals surface area (Å²) in [6, 6.07) is 20.4. The lowest BCUT2D eigenvalue weighted by molar-refractivity contribution is -0.140. The lowest BCUT2D eigenvalue weighted by Crippen LogP contribution is -2.54. The minimum atomic E-state index is -3.89. The van der Waals surface area contributed by atoms with Gasteiger partial charge in [-0.05, 0) is 48.6 Å². The highest BCUT2D eigenvalue weighted by atomic mass is 35.5. The quantitative estimate of drug-likeness (QED) is 0.235. The fourth-order valence-corrected chi connectivity index (χ4v) is 6.03. The third-order valence-corrected chi connectivity index (χ3v) is 9.00. The van der Waals surface area contributed by atoms with E-state index in [1.807, 2.05) is 70.2 Å². The van der Waals surface area contributed by atoms with Gasteiger partial charge in [0.25, 0.3) is 0 Å². The Kier molecular flexibility index (Phi) is 11.9. The summed E-state index contributed by atoms with van der Waals surface area (Å²) in [5.74, 6) is -0.904. The van der Waals surface area contributed by atoms with Gasteiger partial charge in [0.2, 0.25) is 21.8 Å². The van der Waals surface area contributed by atoms with Gasteiger partial charge in [-0.15, -0.1) is 0 Å². The van der Waals surface area contributed by atoms with Crippen LogP contribution in [0.4, 0.5) is 5.69 Å². The molecule has 0 aliphatic heterocycles. The van der Waals surface area contributed by atoms with Gasteiger partial charge in [-0.1, -0.05) is 98.6 Å². The first-order valence-electron chi connectivity index (χ1n) is 14.0. The van der Waals surface area contributed by atoms with Gasteiger partial charge in [-0.3, -0.25) is 13.9 Å². The molecule has 0 saturated carbocycles. The van der Waals surface area contributed by atoms with E-state index in [0.29, 0.717) is 27.7 Å². The van der Waals surface area contributed by atoms with E-state index in [1.165, 1.54) is 4.90 Å². The third-order valence-electron chi connectivity index (χ3n) is 7.17. The molecule has 0 aliphatic rings.